The van der Waals surface area contributed by atoms with E-state index in [1.807, 2.05) is 46.8 Å². The lowest BCUT2D eigenvalue weighted by molar-refractivity contribution is -0.151. The SMILES string of the molecule is COC1=CCC(C(C)C=C(C)C=CC=CC(=O)NC(C(=O)NC=CCC(O)CC=C(C)Cl)C(C)(C)C)OC1=O. The van der Waals surface area contributed by atoms with Crippen LogP contribution in [0, 0.1) is 11.3 Å². The first-order valence-electron chi connectivity index (χ1n) is 13.0. The van der Waals surface area contributed by atoms with Crippen LogP contribution in [0.3, 0.4) is 0 Å². The molecule has 39 heavy (non-hydrogen) atoms. The highest BCUT2D eigenvalue weighted by Gasteiger charge is 2.32. The number of allylic oxidation sites excluding steroid dienone is 5. The summed E-state index contributed by atoms with van der Waals surface area (Å²) in [6.45, 7) is 11.2. The van der Waals surface area contributed by atoms with Crippen molar-refractivity contribution in [3.63, 3.8) is 0 Å². The van der Waals surface area contributed by atoms with Gasteiger partial charge in [0.05, 0.1) is 13.2 Å². The summed E-state index contributed by atoms with van der Waals surface area (Å²) < 4.78 is 10.4. The van der Waals surface area contributed by atoms with Crippen molar-refractivity contribution >= 4 is 29.4 Å². The van der Waals surface area contributed by atoms with Crippen LogP contribution in [0.15, 0.2) is 71.2 Å². The van der Waals surface area contributed by atoms with Crippen LogP contribution < -0.4 is 10.6 Å². The Balaban J connectivity index is 2.64. The molecule has 1 heterocycles. The van der Waals surface area contributed by atoms with Gasteiger partial charge in [0.1, 0.15) is 12.1 Å². The molecule has 0 fully saturated rings. The van der Waals surface area contributed by atoms with Crippen LogP contribution >= 0.6 is 11.6 Å². The maximum atomic E-state index is 12.7. The first-order valence-corrected chi connectivity index (χ1v) is 13.4. The molecule has 2 amide bonds. The number of esters is 1. The summed E-state index contributed by atoms with van der Waals surface area (Å²) in [6, 6.07) is -0.775. The van der Waals surface area contributed by atoms with Gasteiger partial charge in [0.15, 0.2) is 5.76 Å². The third-order valence-corrected chi connectivity index (χ3v) is 6.04. The predicted molar refractivity (Wildman–Crippen MR) is 154 cm³/mol. The van der Waals surface area contributed by atoms with Gasteiger partial charge in [0.25, 0.3) is 0 Å². The third kappa shape index (κ3) is 13.5. The topological polar surface area (TPSA) is 114 Å². The normalized spacial score (nSPS) is 19.6. The number of aliphatic hydroxyl groups is 1. The zero-order valence-electron chi connectivity index (χ0n) is 24.0. The minimum atomic E-state index is -0.775. The van der Waals surface area contributed by atoms with E-state index >= 15 is 0 Å². The highest BCUT2D eigenvalue weighted by Crippen LogP contribution is 2.23. The second-order valence-corrected chi connectivity index (χ2v) is 11.2. The van der Waals surface area contributed by atoms with E-state index in [-0.39, 0.29) is 23.7 Å². The Labute approximate surface area is 237 Å². The van der Waals surface area contributed by atoms with E-state index in [1.54, 1.807) is 37.3 Å². The van der Waals surface area contributed by atoms with E-state index in [0.29, 0.717) is 24.3 Å². The number of hydrogen-bond acceptors (Lipinski definition) is 6. The Bertz CT molecular complexity index is 1030. The minimum absolute atomic E-state index is 0.00409. The first kappa shape index (κ1) is 33.9. The zero-order chi connectivity index (χ0) is 29.6. The number of carbonyl (C=O) groups excluding carboxylic acids is 3. The second kappa shape index (κ2) is 16.8. The zero-order valence-corrected chi connectivity index (χ0v) is 24.7. The molecule has 4 atom stereocenters. The van der Waals surface area contributed by atoms with Crippen molar-refractivity contribution in [3.05, 3.63) is 71.2 Å². The molecule has 0 saturated carbocycles. The van der Waals surface area contributed by atoms with E-state index in [0.717, 1.165) is 5.57 Å². The highest BCUT2D eigenvalue weighted by atomic mass is 35.5. The molecule has 1 aliphatic heterocycles. The molecule has 0 aromatic heterocycles. The highest BCUT2D eigenvalue weighted by molar-refractivity contribution is 6.29. The number of carbonyl (C=O) groups is 3. The van der Waals surface area contributed by atoms with E-state index < -0.39 is 29.4 Å². The lowest BCUT2D eigenvalue weighted by Crippen LogP contribution is -2.52. The van der Waals surface area contributed by atoms with Gasteiger partial charge >= 0.3 is 5.97 Å². The number of methoxy groups -OCH3 is 1. The van der Waals surface area contributed by atoms with Crippen molar-refractivity contribution in [3.8, 4) is 0 Å². The van der Waals surface area contributed by atoms with Gasteiger partial charge in [-0.15, -0.1) is 0 Å². The number of cyclic esters (lactones) is 1. The molecule has 1 rings (SSSR count). The maximum Gasteiger partial charge on any atom is 0.373 e. The summed E-state index contributed by atoms with van der Waals surface area (Å²) in [5, 5.41) is 16.0. The molecule has 216 valence electrons. The van der Waals surface area contributed by atoms with Gasteiger partial charge in [-0.1, -0.05) is 81.3 Å². The van der Waals surface area contributed by atoms with Crippen LogP contribution in [-0.4, -0.2) is 48.2 Å². The summed E-state index contributed by atoms with van der Waals surface area (Å²) in [5.41, 5.74) is 0.416. The Morgan fingerprint density at radius 2 is 1.90 bits per heavy atom. The van der Waals surface area contributed by atoms with Crippen molar-refractivity contribution in [2.45, 2.75) is 79.1 Å². The van der Waals surface area contributed by atoms with Gasteiger partial charge in [-0.05, 0) is 44.4 Å². The Morgan fingerprint density at radius 3 is 2.49 bits per heavy atom. The van der Waals surface area contributed by atoms with Crippen LogP contribution in [0.4, 0.5) is 0 Å². The van der Waals surface area contributed by atoms with Crippen LogP contribution in [0.25, 0.3) is 0 Å². The number of halogens is 1. The Hall–Kier alpha value is -3.10. The van der Waals surface area contributed by atoms with Gasteiger partial charge in [-0.25, -0.2) is 4.79 Å². The maximum absolute atomic E-state index is 12.7. The molecule has 0 radical (unpaired) electrons. The summed E-state index contributed by atoms with van der Waals surface area (Å²) in [7, 11) is 1.44. The minimum Gasteiger partial charge on any atom is -0.490 e. The molecule has 0 aliphatic carbocycles. The number of aliphatic hydroxyl groups excluding tert-OH is 1. The standard InChI is InChI=1S/C30H43ClN2O6/c1-20(19-21(2)24-16-17-25(38-7)29(37)39-24)11-8-9-13-26(35)33-27(30(4,5)6)28(36)32-18-10-12-23(34)15-14-22(3)31/h8-11,13-14,17-19,21,23-24,27,34H,12,15-16H2,1-7H3,(H,32,36)(H,33,35). The van der Waals surface area contributed by atoms with Crippen LogP contribution in [0.1, 0.15) is 60.8 Å². The van der Waals surface area contributed by atoms with E-state index in [4.69, 9.17) is 21.1 Å². The summed E-state index contributed by atoms with van der Waals surface area (Å²) in [5.74, 6) is -0.991. The van der Waals surface area contributed by atoms with Crippen molar-refractivity contribution in [2.24, 2.45) is 11.3 Å². The summed E-state index contributed by atoms with van der Waals surface area (Å²) in [4.78, 5) is 37.1. The second-order valence-electron chi connectivity index (χ2n) is 10.6. The van der Waals surface area contributed by atoms with Crippen LogP contribution in [-0.2, 0) is 23.9 Å². The quantitative estimate of drug-likeness (QED) is 0.166. The number of nitrogens with one attached hydrogen (secondary N) is 2. The van der Waals surface area contributed by atoms with E-state index in [9.17, 15) is 19.5 Å². The van der Waals surface area contributed by atoms with Gasteiger partial charge in [0.2, 0.25) is 11.8 Å². The molecule has 0 saturated heterocycles. The van der Waals surface area contributed by atoms with Gasteiger partial charge in [-0.2, -0.15) is 0 Å². The lowest BCUT2D eigenvalue weighted by atomic mass is 9.86. The Morgan fingerprint density at radius 1 is 1.23 bits per heavy atom. The Kier molecular flexibility index (Phi) is 14.6. The lowest BCUT2D eigenvalue weighted by Gasteiger charge is -2.29. The number of ether oxygens (including phenoxy) is 2. The van der Waals surface area contributed by atoms with Gasteiger partial charge in [-0.3, -0.25) is 9.59 Å². The molecule has 8 nitrogen and oxygen atoms in total. The van der Waals surface area contributed by atoms with Gasteiger partial charge in [0, 0.05) is 23.4 Å². The number of amides is 2. The summed E-state index contributed by atoms with van der Waals surface area (Å²) in [6.07, 6.45) is 15.6. The molecule has 0 bridgehead atoms. The van der Waals surface area contributed by atoms with E-state index in [2.05, 4.69) is 10.6 Å². The van der Waals surface area contributed by atoms with Crippen molar-refractivity contribution < 1.29 is 29.0 Å². The molecule has 0 aromatic rings. The molecule has 3 N–H and O–H groups in total. The average Bonchev–Trinajstić information content (AvgIpc) is 2.85. The summed E-state index contributed by atoms with van der Waals surface area (Å²) >= 11 is 5.77. The molecular formula is C30H43ClN2O6. The average molecular weight is 563 g/mol. The molecule has 0 spiro atoms. The fourth-order valence-electron chi connectivity index (χ4n) is 3.68. The first-order chi connectivity index (χ1) is 18.2. The van der Waals surface area contributed by atoms with Crippen molar-refractivity contribution in [1.29, 1.82) is 0 Å². The molecule has 0 aromatic carbocycles. The monoisotopic (exact) mass is 562 g/mol. The van der Waals surface area contributed by atoms with Crippen LogP contribution in [0.2, 0.25) is 0 Å². The smallest absolute Gasteiger partial charge is 0.373 e. The molecule has 1 aliphatic rings. The molecule has 9 heteroatoms. The predicted octanol–water partition coefficient (Wildman–Crippen LogP) is 4.97. The third-order valence-electron chi connectivity index (χ3n) is 5.88. The van der Waals surface area contributed by atoms with E-state index in [1.165, 1.54) is 19.4 Å². The molecular weight excluding hydrogens is 520 g/mol. The van der Waals surface area contributed by atoms with Crippen LogP contribution in [0.5, 0.6) is 0 Å². The number of hydrogen-bond donors (Lipinski definition) is 3. The number of rotatable bonds is 13. The fraction of sp³-hybridized carbons (Fsp3) is 0.500. The fourth-order valence-corrected chi connectivity index (χ4v) is 3.77. The molecule has 4 unspecified atom stereocenters. The van der Waals surface area contributed by atoms with Crippen molar-refractivity contribution in [2.75, 3.05) is 7.11 Å². The van der Waals surface area contributed by atoms with Gasteiger partial charge < -0.3 is 25.2 Å². The largest absolute Gasteiger partial charge is 0.490 e. The van der Waals surface area contributed by atoms with Crippen molar-refractivity contribution in [1.82, 2.24) is 10.6 Å².